The van der Waals surface area contributed by atoms with Crippen LogP contribution in [-0.2, 0) is 7.05 Å². The Labute approximate surface area is 147 Å². The van der Waals surface area contributed by atoms with Gasteiger partial charge in [-0.05, 0) is 35.6 Å². The Balaban J connectivity index is 1.81. The minimum absolute atomic E-state index is 1.27. The van der Waals surface area contributed by atoms with E-state index in [2.05, 4.69) is 97.4 Å². The Morgan fingerprint density at radius 3 is 2.20 bits per heavy atom. The lowest BCUT2D eigenvalue weighted by molar-refractivity contribution is 1.02. The van der Waals surface area contributed by atoms with Crippen molar-refractivity contribution >= 4 is 32.6 Å². The number of aryl methyl sites for hydroxylation is 2. The van der Waals surface area contributed by atoms with Crippen molar-refractivity contribution < 1.29 is 0 Å². The van der Waals surface area contributed by atoms with E-state index in [1.807, 2.05) is 0 Å². The fourth-order valence-electron chi connectivity index (χ4n) is 3.93. The van der Waals surface area contributed by atoms with Crippen LogP contribution < -0.4 is 0 Å². The first kappa shape index (κ1) is 14.3. The number of aromatic nitrogens is 1. The lowest BCUT2D eigenvalue weighted by Gasteiger charge is -2.07. The van der Waals surface area contributed by atoms with Gasteiger partial charge >= 0.3 is 0 Å². The zero-order valence-corrected chi connectivity index (χ0v) is 14.5. The number of nitrogens with zero attached hydrogens (tertiary/aromatic N) is 1. The van der Waals surface area contributed by atoms with Gasteiger partial charge in [0.15, 0.2) is 0 Å². The average Bonchev–Trinajstić information content (AvgIpc) is 2.95. The number of fused-ring (bicyclic) bond motifs is 5. The van der Waals surface area contributed by atoms with Crippen LogP contribution in [0.3, 0.4) is 0 Å². The maximum absolute atomic E-state index is 2.32. The Morgan fingerprint density at radius 1 is 0.640 bits per heavy atom. The normalized spacial score (nSPS) is 11.6. The van der Waals surface area contributed by atoms with Crippen LogP contribution in [-0.4, -0.2) is 4.57 Å². The van der Waals surface area contributed by atoms with Crippen LogP contribution in [0.1, 0.15) is 5.56 Å². The van der Waals surface area contributed by atoms with E-state index in [1.165, 1.54) is 49.3 Å². The predicted molar refractivity (Wildman–Crippen MR) is 108 cm³/mol. The van der Waals surface area contributed by atoms with E-state index < -0.39 is 0 Å². The highest BCUT2D eigenvalue weighted by Crippen LogP contribution is 2.35. The summed E-state index contributed by atoms with van der Waals surface area (Å²) in [6.07, 6.45) is 0. The highest BCUT2D eigenvalue weighted by molar-refractivity contribution is 6.17. The number of benzene rings is 4. The van der Waals surface area contributed by atoms with Crippen molar-refractivity contribution in [2.24, 2.45) is 7.05 Å². The van der Waals surface area contributed by atoms with E-state index >= 15 is 0 Å². The van der Waals surface area contributed by atoms with E-state index in [9.17, 15) is 0 Å². The molecule has 120 valence electrons. The molecule has 0 saturated carbocycles. The molecule has 25 heavy (non-hydrogen) atoms. The summed E-state index contributed by atoms with van der Waals surface area (Å²) in [5, 5.41) is 5.25. The summed E-state index contributed by atoms with van der Waals surface area (Å²) in [6, 6.07) is 28.7. The molecule has 4 aromatic carbocycles. The van der Waals surface area contributed by atoms with Crippen LogP contribution in [0, 0.1) is 6.92 Å². The lowest BCUT2D eigenvalue weighted by atomic mass is 9.99. The second kappa shape index (κ2) is 5.22. The molecule has 0 aliphatic rings. The number of hydrogen-bond acceptors (Lipinski definition) is 0. The van der Waals surface area contributed by atoms with Crippen molar-refractivity contribution in [2.75, 3.05) is 0 Å². The Bertz CT molecular complexity index is 1240. The molecule has 0 unspecified atom stereocenters. The summed E-state index contributed by atoms with van der Waals surface area (Å²) in [6.45, 7) is 2.13. The van der Waals surface area contributed by atoms with Crippen LogP contribution in [0.15, 0.2) is 78.9 Å². The topological polar surface area (TPSA) is 4.93 Å². The van der Waals surface area contributed by atoms with E-state index in [4.69, 9.17) is 0 Å². The summed E-state index contributed by atoms with van der Waals surface area (Å²) in [5.41, 5.74) is 6.43. The molecule has 1 heteroatoms. The minimum Gasteiger partial charge on any atom is -0.343 e. The Kier molecular flexibility index (Phi) is 2.98. The number of rotatable bonds is 1. The van der Waals surface area contributed by atoms with Gasteiger partial charge in [0.1, 0.15) is 0 Å². The van der Waals surface area contributed by atoms with E-state index in [0.717, 1.165) is 0 Å². The van der Waals surface area contributed by atoms with Crippen LogP contribution in [0.25, 0.3) is 43.7 Å². The largest absolute Gasteiger partial charge is 0.343 e. The Morgan fingerprint density at radius 2 is 1.36 bits per heavy atom. The van der Waals surface area contributed by atoms with Crippen molar-refractivity contribution in [3.05, 3.63) is 84.4 Å². The molecule has 0 bridgehead atoms. The molecular weight excluding hydrogens is 302 g/mol. The fraction of sp³-hybridized carbons (Fsp3) is 0.0833. The SMILES string of the molecule is Cc1ccc(-c2ccc3c(ccc4c5ccccc5n(C)c34)c2)cc1. The van der Waals surface area contributed by atoms with Crippen molar-refractivity contribution in [2.45, 2.75) is 6.92 Å². The smallest absolute Gasteiger partial charge is 0.0568 e. The molecule has 0 aliphatic heterocycles. The third-order valence-corrected chi connectivity index (χ3v) is 5.27. The Hall–Kier alpha value is -3.06. The van der Waals surface area contributed by atoms with Crippen molar-refractivity contribution in [1.82, 2.24) is 4.57 Å². The van der Waals surface area contributed by atoms with Gasteiger partial charge in [0.05, 0.1) is 5.52 Å². The molecule has 0 amide bonds. The van der Waals surface area contributed by atoms with Gasteiger partial charge in [-0.15, -0.1) is 0 Å². The number of hydrogen-bond donors (Lipinski definition) is 0. The van der Waals surface area contributed by atoms with Gasteiger partial charge in [-0.2, -0.15) is 0 Å². The monoisotopic (exact) mass is 321 g/mol. The van der Waals surface area contributed by atoms with E-state index in [-0.39, 0.29) is 0 Å². The fourth-order valence-corrected chi connectivity index (χ4v) is 3.93. The molecule has 1 heterocycles. The van der Waals surface area contributed by atoms with Crippen LogP contribution in [0.4, 0.5) is 0 Å². The first-order valence-corrected chi connectivity index (χ1v) is 8.69. The van der Waals surface area contributed by atoms with Gasteiger partial charge in [-0.1, -0.05) is 72.3 Å². The summed E-state index contributed by atoms with van der Waals surface area (Å²) < 4.78 is 2.32. The zero-order chi connectivity index (χ0) is 17.0. The van der Waals surface area contributed by atoms with E-state index in [0.29, 0.717) is 0 Å². The van der Waals surface area contributed by atoms with Gasteiger partial charge in [-0.3, -0.25) is 0 Å². The third-order valence-electron chi connectivity index (χ3n) is 5.27. The first-order chi connectivity index (χ1) is 12.2. The second-order valence-corrected chi connectivity index (χ2v) is 6.84. The quantitative estimate of drug-likeness (QED) is 0.334. The molecule has 1 nitrogen and oxygen atoms in total. The lowest BCUT2D eigenvalue weighted by Crippen LogP contribution is -1.88. The molecule has 0 saturated heterocycles. The first-order valence-electron chi connectivity index (χ1n) is 8.69. The minimum atomic E-state index is 1.27. The molecule has 0 radical (unpaired) electrons. The molecular formula is C24H19N. The maximum atomic E-state index is 2.32. The molecule has 0 atom stereocenters. The highest BCUT2D eigenvalue weighted by atomic mass is 14.9. The summed E-state index contributed by atoms with van der Waals surface area (Å²) >= 11 is 0. The molecule has 0 N–H and O–H groups in total. The molecule has 0 aliphatic carbocycles. The van der Waals surface area contributed by atoms with Gasteiger partial charge in [0, 0.05) is 28.7 Å². The number of para-hydroxylation sites is 1. The average molecular weight is 321 g/mol. The van der Waals surface area contributed by atoms with Gasteiger partial charge < -0.3 is 4.57 Å². The van der Waals surface area contributed by atoms with Gasteiger partial charge in [-0.25, -0.2) is 0 Å². The van der Waals surface area contributed by atoms with Crippen LogP contribution >= 0.6 is 0 Å². The van der Waals surface area contributed by atoms with Crippen molar-refractivity contribution in [3.63, 3.8) is 0 Å². The molecule has 5 aromatic rings. The predicted octanol–water partition coefficient (Wildman–Crippen LogP) is 6.46. The van der Waals surface area contributed by atoms with E-state index in [1.54, 1.807) is 0 Å². The molecule has 0 fully saturated rings. The highest BCUT2D eigenvalue weighted by Gasteiger charge is 2.11. The second-order valence-electron chi connectivity index (χ2n) is 6.84. The summed E-state index contributed by atoms with van der Waals surface area (Å²) in [5.74, 6) is 0. The molecule has 5 rings (SSSR count). The van der Waals surface area contributed by atoms with Gasteiger partial charge in [0.2, 0.25) is 0 Å². The van der Waals surface area contributed by atoms with Crippen molar-refractivity contribution in [1.29, 1.82) is 0 Å². The molecule has 1 aromatic heterocycles. The summed E-state index contributed by atoms with van der Waals surface area (Å²) in [7, 11) is 2.16. The van der Waals surface area contributed by atoms with Crippen LogP contribution in [0.2, 0.25) is 0 Å². The van der Waals surface area contributed by atoms with Gasteiger partial charge in [0.25, 0.3) is 0 Å². The van der Waals surface area contributed by atoms with Crippen molar-refractivity contribution in [3.8, 4) is 11.1 Å². The zero-order valence-electron chi connectivity index (χ0n) is 14.5. The standard InChI is InChI=1S/C24H19N/c1-16-7-9-17(10-8-16)18-11-13-20-19(15-18)12-14-22-21-5-3-4-6-23(21)25(2)24(20)22/h3-15H,1-2H3. The molecule has 0 spiro atoms. The summed E-state index contributed by atoms with van der Waals surface area (Å²) in [4.78, 5) is 0. The third kappa shape index (κ3) is 2.09. The van der Waals surface area contributed by atoms with Crippen LogP contribution in [0.5, 0.6) is 0 Å². The maximum Gasteiger partial charge on any atom is 0.0568 e.